The van der Waals surface area contributed by atoms with Gasteiger partial charge >= 0.3 is 6.09 Å². The Morgan fingerprint density at radius 1 is 1.12 bits per heavy atom. The number of pyridine rings is 1. The molecule has 12 nitrogen and oxygen atoms in total. The summed E-state index contributed by atoms with van der Waals surface area (Å²) in [5.41, 5.74) is 9.35. The van der Waals surface area contributed by atoms with E-state index >= 15 is 0 Å². The van der Waals surface area contributed by atoms with Crippen molar-refractivity contribution in [1.82, 2.24) is 20.1 Å². The van der Waals surface area contributed by atoms with Crippen LogP contribution in [-0.4, -0.2) is 75.2 Å². The van der Waals surface area contributed by atoms with Crippen LogP contribution in [0.3, 0.4) is 0 Å². The molecule has 1 unspecified atom stereocenters. The third-order valence-corrected chi connectivity index (χ3v) is 7.13. The molecule has 4 rings (SSSR count). The van der Waals surface area contributed by atoms with E-state index in [2.05, 4.69) is 20.6 Å². The van der Waals surface area contributed by atoms with Crippen molar-refractivity contribution in [2.45, 2.75) is 58.5 Å². The van der Waals surface area contributed by atoms with Crippen molar-refractivity contribution in [1.29, 1.82) is 0 Å². The number of nitrogens with zero attached hydrogens (tertiary/aromatic N) is 4. The van der Waals surface area contributed by atoms with E-state index in [0.29, 0.717) is 71.9 Å². The van der Waals surface area contributed by atoms with Crippen LogP contribution >= 0.6 is 0 Å². The van der Waals surface area contributed by atoms with E-state index in [1.54, 1.807) is 36.5 Å². The van der Waals surface area contributed by atoms with Crippen molar-refractivity contribution in [2.75, 3.05) is 25.0 Å². The number of carbonyl (C=O) groups excluding carboxylic acids is 3. The number of benzene rings is 1. The molecule has 1 aromatic carbocycles. The monoisotopic (exact) mass is 575 g/mol. The minimum atomic E-state index is -1.11. The largest absolute Gasteiger partial charge is 0.465 e. The fraction of sp³-hybridized carbons (Fsp3) is 0.400. The number of rotatable bonds is 10. The van der Waals surface area contributed by atoms with Crippen LogP contribution in [0.1, 0.15) is 67.4 Å². The number of aliphatic imine (C=N–C) groups is 1. The van der Waals surface area contributed by atoms with E-state index in [1.165, 1.54) is 6.20 Å². The molecule has 0 saturated carbocycles. The lowest BCUT2D eigenvalue weighted by atomic mass is 10.0. The summed E-state index contributed by atoms with van der Waals surface area (Å²) in [6, 6.07) is 6.02. The number of aromatic nitrogens is 1. The standard InChI is InChI=1S/C30H37N7O5/c1-3-9-36(10-4-2)29(40)22-13-20-7-8-21(14-24(20)35-26(31)15-22)27(38)34-23-12-19(16-32-18-23)17-33-28(39)25-6-5-11-37(25)30(41)42/h7-8,12-14,16,18,25H,3-6,9-11,15,17H2,1-2H3,(H2,31,35)(H,33,39)(H,34,38)(H,41,42). The quantitative estimate of drug-likeness (QED) is 0.336. The molecule has 4 amide bonds. The second-order valence-corrected chi connectivity index (χ2v) is 10.4. The second kappa shape index (κ2) is 13.7. The van der Waals surface area contributed by atoms with Crippen molar-refractivity contribution in [2.24, 2.45) is 10.7 Å². The van der Waals surface area contributed by atoms with Gasteiger partial charge in [0, 0.05) is 55.5 Å². The van der Waals surface area contributed by atoms with Gasteiger partial charge in [0.15, 0.2) is 0 Å². The molecule has 2 aliphatic heterocycles. The third kappa shape index (κ3) is 7.31. The maximum absolute atomic E-state index is 13.2. The molecule has 0 bridgehead atoms. The molecule has 42 heavy (non-hydrogen) atoms. The summed E-state index contributed by atoms with van der Waals surface area (Å²) in [6.45, 7) is 5.87. The minimum Gasteiger partial charge on any atom is -0.465 e. The van der Waals surface area contributed by atoms with Crippen LogP contribution in [0.15, 0.2) is 47.2 Å². The molecule has 1 fully saturated rings. The zero-order valence-corrected chi connectivity index (χ0v) is 23.9. The summed E-state index contributed by atoms with van der Waals surface area (Å²) in [7, 11) is 0. The average Bonchev–Trinajstić information content (AvgIpc) is 3.40. The lowest BCUT2D eigenvalue weighted by Gasteiger charge is -2.22. The smallest absolute Gasteiger partial charge is 0.407 e. The number of fused-ring (bicyclic) bond motifs is 1. The number of likely N-dealkylation sites (tertiary alicyclic amines) is 1. The van der Waals surface area contributed by atoms with Crippen LogP contribution < -0.4 is 16.4 Å². The zero-order valence-electron chi connectivity index (χ0n) is 23.9. The van der Waals surface area contributed by atoms with Crippen LogP contribution in [-0.2, 0) is 16.1 Å². The van der Waals surface area contributed by atoms with Gasteiger partial charge in [0.05, 0.1) is 17.6 Å². The van der Waals surface area contributed by atoms with E-state index in [4.69, 9.17) is 5.73 Å². The Morgan fingerprint density at radius 3 is 2.60 bits per heavy atom. The maximum Gasteiger partial charge on any atom is 0.407 e. The maximum atomic E-state index is 13.2. The molecule has 12 heteroatoms. The van der Waals surface area contributed by atoms with Crippen LogP contribution in [0.4, 0.5) is 16.2 Å². The Labute approximate surface area is 244 Å². The predicted molar refractivity (Wildman–Crippen MR) is 159 cm³/mol. The molecule has 222 valence electrons. The van der Waals surface area contributed by atoms with Gasteiger partial charge in [0.25, 0.3) is 5.91 Å². The Hall–Kier alpha value is -4.74. The van der Waals surface area contributed by atoms with Crippen molar-refractivity contribution in [3.05, 3.63) is 58.9 Å². The Balaban J connectivity index is 1.44. The zero-order chi connectivity index (χ0) is 30.2. The summed E-state index contributed by atoms with van der Waals surface area (Å²) in [5.74, 6) is -0.518. The van der Waals surface area contributed by atoms with Crippen molar-refractivity contribution >= 4 is 47.1 Å². The van der Waals surface area contributed by atoms with Gasteiger partial charge in [-0.1, -0.05) is 19.9 Å². The van der Waals surface area contributed by atoms with Gasteiger partial charge in [0.2, 0.25) is 11.8 Å². The highest BCUT2D eigenvalue weighted by atomic mass is 16.4. The fourth-order valence-corrected chi connectivity index (χ4v) is 5.16. The molecule has 5 N–H and O–H groups in total. The van der Waals surface area contributed by atoms with Gasteiger partial charge in [-0.15, -0.1) is 0 Å². The Kier molecular flexibility index (Phi) is 9.89. The topological polar surface area (TPSA) is 170 Å². The number of amides is 4. The minimum absolute atomic E-state index is 0.0578. The number of anilines is 1. The third-order valence-electron chi connectivity index (χ3n) is 7.13. The number of hydrogen-bond donors (Lipinski definition) is 4. The molecule has 0 radical (unpaired) electrons. The summed E-state index contributed by atoms with van der Waals surface area (Å²) < 4.78 is 0. The molecular weight excluding hydrogens is 538 g/mol. The first kappa shape index (κ1) is 30.2. The predicted octanol–water partition coefficient (Wildman–Crippen LogP) is 3.52. The van der Waals surface area contributed by atoms with Crippen molar-refractivity contribution in [3.8, 4) is 0 Å². The first-order chi connectivity index (χ1) is 20.2. The Morgan fingerprint density at radius 2 is 1.88 bits per heavy atom. The van der Waals surface area contributed by atoms with Crippen LogP contribution in [0.2, 0.25) is 0 Å². The van der Waals surface area contributed by atoms with Crippen molar-refractivity contribution < 1.29 is 24.3 Å². The van der Waals surface area contributed by atoms with Crippen LogP contribution in [0, 0.1) is 0 Å². The first-order valence-corrected chi connectivity index (χ1v) is 14.2. The molecular formula is C30H37N7O5. The second-order valence-electron chi connectivity index (χ2n) is 10.4. The molecule has 2 aliphatic rings. The molecule has 1 saturated heterocycles. The summed E-state index contributed by atoms with van der Waals surface area (Å²) in [5, 5.41) is 14.8. The van der Waals surface area contributed by atoms with Gasteiger partial charge in [0.1, 0.15) is 11.9 Å². The molecule has 1 aromatic heterocycles. The van der Waals surface area contributed by atoms with E-state index in [1.807, 2.05) is 18.7 Å². The fourth-order valence-electron chi connectivity index (χ4n) is 5.16. The Bertz CT molecular complexity index is 1410. The number of nitrogens with two attached hydrogens (primary N) is 1. The lowest BCUT2D eigenvalue weighted by molar-refractivity contribution is -0.127. The van der Waals surface area contributed by atoms with E-state index < -0.39 is 12.1 Å². The molecule has 2 aromatic rings. The number of carbonyl (C=O) groups is 4. The van der Waals surface area contributed by atoms with Gasteiger partial charge in [-0.05, 0) is 55.5 Å². The van der Waals surface area contributed by atoms with E-state index in [0.717, 1.165) is 17.7 Å². The van der Waals surface area contributed by atoms with E-state index in [-0.39, 0.29) is 30.7 Å². The number of hydrogen-bond acceptors (Lipinski definition) is 7. The SMILES string of the molecule is CCCN(CCC)C(=O)C1=Cc2ccc(C(=O)Nc3cncc(CNC(=O)C4CCCN4C(=O)O)c3)cc2N=C(N)C1. The van der Waals surface area contributed by atoms with Crippen molar-refractivity contribution in [3.63, 3.8) is 0 Å². The first-order valence-electron chi connectivity index (χ1n) is 14.2. The summed E-state index contributed by atoms with van der Waals surface area (Å²) in [6.07, 6.45) is 6.80. The summed E-state index contributed by atoms with van der Waals surface area (Å²) >= 11 is 0. The molecule has 1 atom stereocenters. The highest BCUT2D eigenvalue weighted by Gasteiger charge is 2.33. The van der Waals surface area contributed by atoms with Gasteiger partial charge in [-0.3, -0.25) is 24.3 Å². The molecule has 3 heterocycles. The van der Waals surface area contributed by atoms with Gasteiger partial charge in [-0.2, -0.15) is 0 Å². The number of amidine groups is 1. The normalized spacial score (nSPS) is 16.0. The highest BCUT2D eigenvalue weighted by molar-refractivity contribution is 6.08. The number of nitrogens with one attached hydrogen (secondary N) is 2. The van der Waals surface area contributed by atoms with Crippen LogP contribution in [0.25, 0.3) is 6.08 Å². The van der Waals surface area contributed by atoms with Gasteiger partial charge in [-0.25, -0.2) is 9.79 Å². The van der Waals surface area contributed by atoms with E-state index in [9.17, 15) is 24.3 Å². The molecule has 0 spiro atoms. The van der Waals surface area contributed by atoms with Crippen LogP contribution in [0.5, 0.6) is 0 Å². The highest BCUT2D eigenvalue weighted by Crippen LogP contribution is 2.29. The lowest BCUT2D eigenvalue weighted by Crippen LogP contribution is -2.45. The molecule has 0 aliphatic carbocycles. The average molecular weight is 576 g/mol. The van der Waals surface area contributed by atoms with Gasteiger partial charge < -0.3 is 26.4 Å². The number of carboxylic acid groups (broad SMARTS) is 1. The summed E-state index contributed by atoms with van der Waals surface area (Å²) in [4.78, 5) is 61.8.